The summed E-state index contributed by atoms with van der Waals surface area (Å²) in [6, 6.07) is 6.91. The highest BCUT2D eigenvalue weighted by atomic mass is 16.5. The first kappa shape index (κ1) is 10.2. The first-order valence-electron chi connectivity index (χ1n) is 4.12. The van der Waals surface area contributed by atoms with E-state index in [1.165, 1.54) is 7.11 Å². The molecule has 4 heteroatoms. The van der Waals surface area contributed by atoms with Crippen molar-refractivity contribution >= 4 is 12.4 Å². The van der Waals surface area contributed by atoms with E-state index in [0.717, 1.165) is 5.56 Å². The van der Waals surface area contributed by atoms with Gasteiger partial charge in [-0.1, -0.05) is 12.1 Å². The Hall–Kier alpha value is -1.84. The van der Waals surface area contributed by atoms with Gasteiger partial charge in [-0.15, -0.1) is 0 Å². The molecule has 0 fully saturated rings. The molecule has 4 nitrogen and oxygen atoms in total. The minimum Gasteiger partial charge on any atom is -0.465 e. The van der Waals surface area contributed by atoms with E-state index in [1.807, 2.05) is 6.07 Å². The number of ether oxygens (including phenoxy) is 1. The van der Waals surface area contributed by atoms with Crippen LogP contribution in [0.15, 0.2) is 24.3 Å². The van der Waals surface area contributed by atoms with Crippen molar-refractivity contribution in [2.24, 2.45) is 0 Å². The maximum Gasteiger partial charge on any atom is 0.337 e. The van der Waals surface area contributed by atoms with Gasteiger partial charge in [-0.05, 0) is 17.7 Å². The Bertz CT molecular complexity index is 336. The van der Waals surface area contributed by atoms with Gasteiger partial charge in [0.1, 0.15) is 0 Å². The zero-order valence-electron chi connectivity index (χ0n) is 7.82. The lowest BCUT2D eigenvalue weighted by Gasteiger charge is -2.02. The zero-order valence-corrected chi connectivity index (χ0v) is 7.82. The molecular weight excluding hydrogens is 182 g/mol. The van der Waals surface area contributed by atoms with Crippen LogP contribution in [0.4, 0.5) is 0 Å². The average molecular weight is 193 g/mol. The van der Waals surface area contributed by atoms with E-state index in [2.05, 4.69) is 10.1 Å². The third-order valence-corrected chi connectivity index (χ3v) is 1.74. The van der Waals surface area contributed by atoms with E-state index >= 15 is 0 Å². The molecule has 0 spiro atoms. The lowest BCUT2D eigenvalue weighted by Crippen LogP contribution is -2.10. The molecule has 0 heterocycles. The van der Waals surface area contributed by atoms with Gasteiger partial charge in [0.2, 0.25) is 6.41 Å². The van der Waals surface area contributed by atoms with Gasteiger partial charge in [0.15, 0.2) is 0 Å². The lowest BCUT2D eigenvalue weighted by molar-refractivity contribution is -0.109. The maximum atomic E-state index is 11.1. The third kappa shape index (κ3) is 2.58. The van der Waals surface area contributed by atoms with E-state index in [4.69, 9.17) is 0 Å². The third-order valence-electron chi connectivity index (χ3n) is 1.74. The molecule has 14 heavy (non-hydrogen) atoms. The molecule has 1 N–H and O–H groups in total. The van der Waals surface area contributed by atoms with Crippen LogP contribution in [0, 0.1) is 0 Å². The fourth-order valence-electron chi connectivity index (χ4n) is 1.09. The first-order chi connectivity index (χ1) is 6.77. The first-order valence-corrected chi connectivity index (χ1v) is 4.12. The molecule has 74 valence electrons. The Labute approximate surface area is 81.9 Å². The van der Waals surface area contributed by atoms with Gasteiger partial charge in [0.25, 0.3) is 0 Å². The van der Waals surface area contributed by atoms with Crippen LogP contribution in [0.3, 0.4) is 0 Å². The van der Waals surface area contributed by atoms with Gasteiger partial charge in [-0.2, -0.15) is 0 Å². The van der Waals surface area contributed by atoms with E-state index in [0.29, 0.717) is 18.5 Å². The summed E-state index contributed by atoms with van der Waals surface area (Å²) in [7, 11) is 1.33. The van der Waals surface area contributed by atoms with E-state index in [-0.39, 0.29) is 5.97 Å². The number of methoxy groups -OCH3 is 1. The second-order valence-electron chi connectivity index (χ2n) is 2.69. The van der Waals surface area contributed by atoms with Crippen LogP contribution in [-0.2, 0) is 16.1 Å². The van der Waals surface area contributed by atoms with Crippen molar-refractivity contribution in [1.82, 2.24) is 5.32 Å². The molecule has 0 unspecified atom stereocenters. The van der Waals surface area contributed by atoms with E-state index in [9.17, 15) is 9.59 Å². The van der Waals surface area contributed by atoms with Crippen LogP contribution >= 0.6 is 0 Å². The molecule has 0 aromatic heterocycles. The molecule has 1 amide bonds. The van der Waals surface area contributed by atoms with Gasteiger partial charge >= 0.3 is 5.97 Å². The molecular formula is C10H11NO3. The number of benzene rings is 1. The molecule has 1 rings (SSSR count). The van der Waals surface area contributed by atoms with Crippen LogP contribution in [0.25, 0.3) is 0 Å². The minimum absolute atomic E-state index is 0.377. The minimum atomic E-state index is -0.377. The largest absolute Gasteiger partial charge is 0.465 e. The SMILES string of the molecule is COC(=O)c1cccc(CNC=O)c1. The van der Waals surface area contributed by atoms with Crippen LogP contribution in [0.5, 0.6) is 0 Å². The van der Waals surface area contributed by atoms with Gasteiger partial charge in [-0.25, -0.2) is 4.79 Å². The second-order valence-corrected chi connectivity index (χ2v) is 2.69. The summed E-state index contributed by atoms with van der Waals surface area (Å²) in [5, 5.41) is 2.52. The van der Waals surface area contributed by atoms with Crippen molar-refractivity contribution in [3.63, 3.8) is 0 Å². The van der Waals surface area contributed by atoms with Crippen molar-refractivity contribution in [1.29, 1.82) is 0 Å². The highest BCUT2D eigenvalue weighted by molar-refractivity contribution is 5.89. The number of hydrogen-bond acceptors (Lipinski definition) is 3. The number of hydrogen-bond donors (Lipinski definition) is 1. The molecule has 0 saturated carbocycles. The van der Waals surface area contributed by atoms with Crippen molar-refractivity contribution in [3.8, 4) is 0 Å². The zero-order chi connectivity index (χ0) is 10.4. The summed E-state index contributed by atoms with van der Waals surface area (Å²) in [5.41, 5.74) is 1.35. The number of carbonyl (C=O) groups is 2. The summed E-state index contributed by atoms with van der Waals surface area (Å²) in [6.07, 6.45) is 0.616. The molecule has 1 aromatic rings. The van der Waals surface area contributed by atoms with Crippen LogP contribution in [-0.4, -0.2) is 19.5 Å². The van der Waals surface area contributed by atoms with Crippen LogP contribution < -0.4 is 5.32 Å². The fraction of sp³-hybridized carbons (Fsp3) is 0.200. The predicted octanol–water partition coefficient (Wildman–Crippen LogP) is 0.719. The Morgan fingerprint density at radius 1 is 1.57 bits per heavy atom. The molecule has 0 saturated heterocycles. The van der Waals surface area contributed by atoms with Crippen LogP contribution in [0.2, 0.25) is 0 Å². The average Bonchev–Trinajstić information content (AvgIpc) is 2.25. The summed E-state index contributed by atoms with van der Waals surface area (Å²) in [4.78, 5) is 21.2. The topological polar surface area (TPSA) is 55.4 Å². The Kier molecular flexibility index (Phi) is 3.67. The van der Waals surface area contributed by atoms with E-state index < -0.39 is 0 Å². The normalized spacial score (nSPS) is 9.21. The van der Waals surface area contributed by atoms with Crippen molar-refractivity contribution in [2.45, 2.75) is 6.54 Å². The smallest absolute Gasteiger partial charge is 0.337 e. The fourth-order valence-corrected chi connectivity index (χ4v) is 1.09. The lowest BCUT2D eigenvalue weighted by atomic mass is 10.1. The predicted molar refractivity (Wildman–Crippen MR) is 50.7 cm³/mol. The molecule has 1 aromatic carbocycles. The second kappa shape index (κ2) is 5.01. The summed E-state index contributed by atoms with van der Waals surface area (Å²) >= 11 is 0. The summed E-state index contributed by atoms with van der Waals surface area (Å²) in [6.45, 7) is 0.411. The Balaban J connectivity index is 2.78. The number of amides is 1. The quantitative estimate of drug-likeness (QED) is 0.566. The van der Waals surface area contributed by atoms with Crippen molar-refractivity contribution in [3.05, 3.63) is 35.4 Å². The highest BCUT2D eigenvalue weighted by Crippen LogP contribution is 2.05. The monoisotopic (exact) mass is 193 g/mol. The highest BCUT2D eigenvalue weighted by Gasteiger charge is 2.04. The van der Waals surface area contributed by atoms with Gasteiger partial charge in [0.05, 0.1) is 12.7 Å². The van der Waals surface area contributed by atoms with Gasteiger partial charge in [-0.3, -0.25) is 4.79 Å². The Morgan fingerprint density at radius 2 is 2.36 bits per heavy atom. The number of rotatable bonds is 4. The van der Waals surface area contributed by atoms with Crippen molar-refractivity contribution < 1.29 is 14.3 Å². The molecule has 0 aliphatic heterocycles. The van der Waals surface area contributed by atoms with E-state index in [1.54, 1.807) is 18.2 Å². The van der Waals surface area contributed by atoms with Crippen LogP contribution in [0.1, 0.15) is 15.9 Å². The summed E-state index contributed by atoms with van der Waals surface area (Å²) in [5.74, 6) is -0.377. The molecule has 0 aliphatic rings. The molecule has 0 radical (unpaired) electrons. The van der Waals surface area contributed by atoms with Gasteiger partial charge < -0.3 is 10.1 Å². The Morgan fingerprint density at radius 3 is 3.00 bits per heavy atom. The molecule has 0 aliphatic carbocycles. The molecule has 0 atom stereocenters. The van der Waals surface area contributed by atoms with Crippen molar-refractivity contribution in [2.75, 3.05) is 7.11 Å². The number of nitrogens with one attached hydrogen (secondary N) is 1. The standard InChI is InChI=1S/C10H11NO3/c1-14-10(13)9-4-2-3-8(5-9)6-11-7-12/h2-5,7H,6H2,1H3,(H,11,12). The summed E-state index contributed by atoms with van der Waals surface area (Å²) < 4.78 is 4.57. The van der Waals surface area contributed by atoms with Gasteiger partial charge in [0, 0.05) is 6.54 Å². The number of esters is 1. The number of carbonyl (C=O) groups excluding carboxylic acids is 2. The maximum absolute atomic E-state index is 11.1. The molecule has 0 bridgehead atoms.